The molecule has 2 heterocycles. The number of rotatable bonds is 4. The molecule has 2 aromatic heterocycles. The highest BCUT2D eigenvalue weighted by molar-refractivity contribution is 6.02. The van der Waals surface area contributed by atoms with Gasteiger partial charge in [0, 0.05) is 12.1 Å². The van der Waals surface area contributed by atoms with Crippen LogP contribution in [0.2, 0.25) is 0 Å². The first-order chi connectivity index (χ1) is 9.11. The lowest BCUT2D eigenvalue weighted by atomic mass is 10.3. The third-order valence-corrected chi connectivity index (χ3v) is 2.53. The molecule has 0 radical (unpaired) electrons. The van der Waals surface area contributed by atoms with E-state index in [1.807, 2.05) is 13.8 Å². The number of aromatic nitrogens is 3. The van der Waals surface area contributed by atoms with E-state index in [1.165, 1.54) is 0 Å². The number of carbonyl (C=O) groups excluding carboxylic acids is 1. The molecule has 19 heavy (non-hydrogen) atoms. The van der Waals surface area contributed by atoms with Crippen molar-refractivity contribution in [3.05, 3.63) is 36.2 Å². The molecule has 4 N–H and O–H groups in total. The number of hydrazine groups is 1. The first kappa shape index (κ1) is 13.0. The number of nitrogens with one attached hydrogen (secondary N) is 2. The van der Waals surface area contributed by atoms with Gasteiger partial charge in [0.15, 0.2) is 0 Å². The van der Waals surface area contributed by atoms with Crippen molar-refractivity contribution in [1.82, 2.24) is 14.8 Å². The Labute approximate surface area is 110 Å². The molecular formula is C12H16N6O. The maximum Gasteiger partial charge on any atom is 0.275 e. The average molecular weight is 260 g/mol. The molecule has 0 aliphatic rings. The Bertz CT molecular complexity index is 577. The summed E-state index contributed by atoms with van der Waals surface area (Å²) >= 11 is 0. The first-order valence-corrected chi connectivity index (χ1v) is 5.90. The molecule has 0 fully saturated rings. The van der Waals surface area contributed by atoms with E-state index in [4.69, 9.17) is 5.84 Å². The fourth-order valence-electron chi connectivity index (χ4n) is 1.65. The number of nitrogen functional groups attached to an aromatic ring is 1. The van der Waals surface area contributed by atoms with E-state index in [0.29, 0.717) is 11.6 Å². The van der Waals surface area contributed by atoms with Gasteiger partial charge in [-0.3, -0.25) is 4.79 Å². The Hall–Kier alpha value is -2.41. The molecule has 0 saturated heterocycles. The smallest absolute Gasteiger partial charge is 0.275 e. The highest BCUT2D eigenvalue weighted by Crippen LogP contribution is 2.14. The Balaban J connectivity index is 2.18. The maximum atomic E-state index is 12.1. The number of anilines is 2. The molecule has 7 heteroatoms. The van der Waals surface area contributed by atoms with Crippen LogP contribution in [0.4, 0.5) is 11.6 Å². The molecule has 0 spiro atoms. The summed E-state index contributed by atoms with van der Waals surface area (Å²) in [5, 5.41) is 6.92. The fourth-order valence-corrected chi connectivity index (χ4v) is 1.65. The molecule has 0 aliphatic carbocycles. The predicted octanol–water partition coefficient (Wildman–Crippen LogP) is 1.40. The molecule has 0 aliphatic heterocycles. The van der Waals surface area contributed by atoms with Gasteiger partial charge in [-0.25, -0.2) is 15.5 Å². The summed E-state index contributed by atoms with van der Waals surface area (Å²) in [5.41, 5.74) is 2.69. The zero-order valence-corrected chi connectivity index (χ0v) is 10.8. The Kier molecular flexibility index (Phi) is 3.76. The van der Waals surface area contributed by atoms with E-state index in [0.717, 1.165) is 0 Å². The predicted molar refractivity (Wildman–Crippen MR) is 72.6 cm³/mol. The van der Waals surface area contributed by atoms with Crippen molar-refractivity contribution in [2.75, 3.05) is 10.7 Å². The van der Waals surface area contributed by atoms with Gasteiger partial charge in [0.05, 0.1) is 6.20 Å². The summed E-state index contributed by atoms with van der Waals surface area (Å²) in [5.74, 6) is 6.02. The highest BCUT2D eigenvalue weighted by atomic mass is 16.2. The molecule has 7 nitrogen and oxygen atoms in total. The van der Waals surface area contributed by atoms with Crippen LogP contribution in [0.3, 0.4) is 0 Å². The third kappa shape index (κ3) is 2.89. The van der Waals surface area contributed by atoms with Crippen LogP contribution in [0, 0.1) is 0 Å². The fraction of sp³-hybridized carbons (Fsp3) is 0.250. The average Bonchev–Trinajstić information content (AvgIpc) is 2.87. The van der Waals surface area contributed by atoms with E-state index in [-0.39, 0.29) is 17.6 Å². The highest BCUT2D eigenvalue weighted by Gasteiger charge is 2.12. The Morgan fingerprint density at radius 1 is 1.37 bits per heavy atom. The molecule has 2 rings (SSSR count). The van der Waals surface area contributed by atoms with Gasteiger partial charge in [-0.05, 0) is 26.0 Å². The van der Waals surface area contributed by atoms with Gasteiger partial charge in [0.1, 0.15) is 17.3 Å². The lowest BCUT2D eigenvalue weighted by molar-refractivity contribution is 0.102. The first-order valence-electron chi connectivity index (χ1n) is 5.90. The molecule has 1 amide bonds. The zero-order valence-electron chi connectivity index (χ0n) is 10.8. The SMILES string of the molecule is CC(C)n1nccc1NC(=O)c1cccc(NN)n1. The van der Waals surface area contributed by atoms with Crippen LogP contribution in [0.15, 0.2) is 30.5 Å². The Morgan fingerprint density at radius 3 is 2.84 bits per heavy atom. The van der Waals surface area contributed by atoms with Gasteiger partial charge in [-0.1, -0.05) is 6.07 Å². The van der Waals surface area contributed by atoms with Crippen molar-refractivity contribution in [2.45, 2.75) is 19.9 Å². The summed E-state index contributed by atoms with van der Waals surface area (Å²) in [4.78, 5) is 16.1. The van der Waals surface area contributed by atoms with Gasteiger partial charge in [0.2, 0.25) is 0 Å². The van der Waals surface area contributed by atoms with Crippen molar-refractivity contribution in [2.24, 2.45) is 5.84 Å². The lowest BCUT2D eigenvalue weighted by Gasteiger charge is -2.11. The van der Waals surface area contributed by atoms with Crippen LogP contribution >= 0.6 is 0 Å². The van der Waals surface area contributed by atoms with Crippen molar-refractivity contribution in [1.29, 1.82) is 0 Å². The second-order valence-corrected chi connectivity index (χ2v) is 4.26. The van der Waals surface area contributed by atoms with Crippen LogP contribution in [0.1, 0.15) is 30.4 Å². The van der Waals surface area contributed by atoms with Crippen LogP contribution < -0.4 is 16.6 Å². The molecule has 100 valence electrons. The number of hydrogen-bond donors (Lipinski definition) is 3. The minimum atomic E-state index is -0.306. The second kappa shape index (κ2) is 5.49. The van der Waals surface area contributed by atoms with Crippen LogP contribution in [-0.4, -0.2) is 20.7 Å². The molecular weight excluding hydrogens is 244 g/mol. The molecule has 0 atom stereocenters. The van der Waals surface area contributed by atoms with Crippen LogP contribution in [0.5, 0.6) is 0 Å². The summed E-state index contributed by atoms with van der Waals surface area (Å²) in [6.45, 7) is 3.97. The summed E-state index contributed by atoms with van der Waals surface area (Å²) in [6.07, 6.45) is 1.64. The molecule has 0 saturated carbocycles. The van der Waals surface area contributed by atoms with Gasteiger partial charge >= 0.3 is 0 Å². The monoisotopic (exact) mass is 260 g/mol. The molecule has 0 aromatic carbocycles. The second-order valence-electron chi connectivity index (χ2n) is 4.26. The number of nitrogens with zero attached hydrogens (tertiary/aromatic N) is 3. The largest absolute Gasteiger partial charge is 0.308 e. The minimum Gasteiger partial charge on any atom is -0.308 e. The minimum absolute atomic E-state index is 0.162. The number of nitrogens with two attached hydrogens (primary N) is 1. The quantitative estimate of drug-likeness (QED) is 0.570. The van der Waals surface area contributed by atoms with E-state index in [1.54, 1.807) is 35.1 Å². The van der Waals surface area contributed by atoms with Crippen molar-refractivity contribution in [3.8, 4) is 0 Å². The van der Waals surface area contributed by atoms with E-state index in [9.17, 15) is 4.79 Å². The van der Waals surface area contributed by atoms with Gasteiger partial charge < -0.3 is 10.7 Å². The number of carbonyl (C=O) groups is 1. The normalized spacial score (nSPS) is 10.5. The summed E-state index contributed by atoms with van der Waals surface area (Å²) in [6, 6.07) is 6.90. The summed E-state index contributed by atoms with van der Waals surface area (Å²) in [7, 11) is 0. The standard InChI is InChI=1S/C12H16N6O/c1-8(2)18-11(6-7-14-18)16-12(19)9-4-3-5-10(15-9)17-13/h3-8H,13H2,1-2H3,(H,15,17)(H,16,19). The molecule has 2 aromatic rings. The Morgan fingerprint density at radius 2 is 2.16 bits per heavy atom. The van der Waals surface area contributed by atoms with Crippen molar-refractivity contribution >= 4 is 17.5 Å². The number of amides is 1. The number of hydrogen-bond acceptors (Lipinski definition) is 5. The van der Waals surface area contributed by atoms with E-state index in [2.05, 4.69) is 20.8 Å². The maximum absolute atomic E-state index is 12.1. The number of pyridine rings is 1. The molecule has 0 bridgehead atoms. The van der Waals surface area contributed by atoms with Gasteiger partial charge in [-0.2, -0.15) is 5.10 Å². The van der Waals surface area contributed by atoms with Gasteiger partial charge in [0.25, 0.3) is 5.91 Å². The topological polar surface area (TPSA) is 97.9 Å². The zero-order chi connectivity index (χ0) is 13.8. The molecule has 0 unspecified atom stereocenters. The van der Waals surface area contributed by atoms with Crippen molar-refractivity contribution in [3.63, 3.8) is 0 Å². The van der Waals surface area contributed by atoms with Crippen LogP contribution in [0.25, 0.3) is 0 Å². The van der Waals surface area contributed by atoms with E-state index >= 15 is 0 Å². The van der Waals surface area contributed by atoms with E-state index < -0.39 is 0 Å². The third-order valence-electron chi connectivity index (χ3n) is 2.53. The lowest BCUT2D eigenvalue weighted by Crippen LogP contribution is -2.19. The summed E-state index contributed by atoms with van der Waals surface area (Å²) < 4.78 is 1.73. The van der Waals surface area contributed by atoms with Crippen molar-refractivity contribution < 1.29 is 4.79 Å². The van der Waals surface area contributed by atoms with Gasteiger partial charge in [-0.15, -0.1) is 0 Å². The van der Waals surface area contributed by atoms with Crippen LogP contribution in [-0.2, 0) is 0 Å².